The summed E-state index contributed by atoms with van der Waals surface area (Å²) in [6.45, 7) is -0.0281. The Hall–Kier alpha value is -1.21. The molecule has 0 unspecified atom stereocenters. The highest BCUT2D eigenvalue weighted by molar-refractivity contribution is 7.71. The maximum absolute atomic E-state index is 11.4. The fourth-order valence-electron chi connectivity index (χ4n) is 0.989. The summed E-state index contributed by atoms with van der Waals surface area (Å²) in [7, 11) is 2.88. The largest absolute Gasteiger partial charge is 0.335 e. The van der Waals surface area contributed by atoms with E-state index in [0.717, 1.165) is 9.13 Å². The van der Waals surface area contributed by atoms with E-state index in [1.54, 1.807) is 0 Å². The SMILES string of the molecule is Cn1c(=O)n(C)c(=S)n(CN)c1=O. The summed E-state index contributed by atoms with van der Waals surface area (Å²) in [5.41, 5.74) is 4.37. The molecule has 1 heterocycles. The van der Waals surface area contributed by atoms with Crippen molar-refractivity contribution in [2.75, 3.05) is 0 Å². The van der Waals surface area contributed by atoms with E-state index in [1.165, 1.54) is 18.7 Å². The third-order valence-electron chi connectivity index (χ3n) is 1.79. The van der Waals surface area contributed by atoms with Gasteiger partial charge in [0.25, 0.3) is 0 Å². The molecule has 0 radical (unpaired) electrons. The minimum absolute atomic E-state index is 0.0281. The predicted molar refractivity (Wildman–Crippen MR) is 49.9 cm³/mol. The minimum atomic E-state index is -0.490. The smallest absolute Gasteiger partial charge is 0.313 e. The van der Waals surface area contributed by atoms with Gasteiger partial charge in [-0.2, -0.15) is 0 Å². The van der Waals surface area contributed by atoms with Gasteiger partial charge >= 0.3 is 11.4 Å². The van der Waals surface area contributed by atoms with Crippen molar-refractivity contribution in [1.29, 1.82) is 0 Å². The van der Waals surface area contributed by atoms with Gasteiger partial charge in [0, 0.05) is 14.1 Å². The Morgan fingerprint density at radius 1 is 1.23 bits per heavy atom. The highest BCUT2D eigenvalue weighted by atomic mass is 32.1. The van der Waals surface area contributed by atoms with Crippen LogP contribution in [0.15, 0.2) is 9.59 Å². The zero-order valence-electron chi connectivity index (χ0n) is 7.35. The average molecular weight is 202 g/mol. The fraction of sp³-hybridized carbons (Fsp3) is 0.500. The van der Waals surface area contributed by atoms with Gasteiger partial charge in [0.05, 0.1) is 6.67 Å². The number of aromatic nitrogens is 3. The molecular weight excluding hydrogens is 192 g/mol. The Balaban J connectivity index is 3.89. The second kappa shape index (κ2) is 3.27. The fourth-order valence-corrected chi connectivity index (χ4v) is 1.22. The maximum atomic E-state index is 11.4. The van der Waals surface area contributed by atoms with Gasteiger partial charge < -0.3 is 5.73 Å². The zero-order valence-corrected chi connectivity index (χ0v) is 8.17. The summed E-state index contributed by atoms with van der Waals surface area (Å²) in [4.78, 5) is 22.6. The van der Waals surface area contributed by atoms with Crippen LogP contribution < -0.4 is 17.1 Å². The van der Waals surface area contributed by atoms with Crippen molar-refractivity contribution >= 4 is 12.2 Å². The Morgan fingerprint density at radius 3 is 2.23 bits per heavy atom. The van der Waals surface area contributed by atoms with Crippen molar-refractivity contribution in [3.8, 4) is 0 Å². The number of nitrogens with zero attached hydrogens (tertiary/aromatic N) is 3. The van der Waals surface area contributed by atoms with E-state index in [4.69, 9.17) is 18.0 Å². The first-order valence-corrected chi connectivity index (χ1v) is 3.98. The lowest BCUT2D eigenvalue weighted by Gasteiger charge is -2.07. The molecule has 0 saturated carbocycles. The molecule has 13 heavy (non-hydrogen) atoms. The molecule has 0 aliphatic rings. The first-order valence-electron chi connectivity index (χ1n) is 3.57. The van der Waals surface area contributed by atoms with Crippen molar-refractivity contribution in [1.82, 2.24) is 13.7 Å². The molecule has 0 amide bonds. The van der Waals surface area contributed by atoms with E-state index in [9.17, 15) is 9.59 Å². The molecule has 0 aromatic carbocycles. The second-order valence-corrected chi connectivity index (χ2v) is 2.94. The van der Waals surface area contributed by atoms with E-state index in [0.29, 0.717) is 0 Å². The van der Waals surface area contributed by atoms with Crippen molar-refractivity contribution in [3.63, 3.8) is 0 Å². The van der Waals surface area contributed by atoms with Gasteiger partial charge in [0.2, 0.25) is 0 Å². The summed E-state index contributed by atoms with van der Waals surface area (Å²) in [6, 6.07) is 0. The monoisotopic (exact) mass is 202 g/mol. The summed E-state index contributed by atoms with van der Waals surface area (Å²) in [5, 5.41) is 0. The summed E-state index contributed by atoms with van der Waals surface area (Å²) in [5.74, 6) is 0. The van der Waals surface area contributed by atoms with E-state index >= 15 is 0 Å². The van der Waals surface area contributed by atoms with Gasteiger partial charge in [-0.25, -0.2) is 14.2 Å². The molecular formula is C6H10N4O2S. The van der Waals surface area contributed by atoms with Crippen molar-refractivity contribution < 1.29 is 0 Å². The van der Waals surface area contributed by atoms with Gasteiger partial charge in [-0.3, -0.25) is 9.13 Å². The molecule has 0 atom stereocenters. The van der Waals surface area contributed by atoms with Crippen LogP contribution in [-0.2, 0) is 20.8 Å². The van der Waals surface area contributed by atoms with Crippen LogP contribution in [0.5, 0.6) is 0 Å². The molecule has 72 valence electrons. The minimum Gasteiger partial charge on any atom is -0.313 e. The van der Waals surface area contributed by atoms with Crippen LogP contribution in [0.3, 0.4) is 0 Å². The van der Waals surface area contributed by atoms with Crippen LogP contribution in [0.1, 0.15) is 0 Å². The second-order valence-electron chi connectivity index (χ2n) is 2.58. The average Bonchev–Trinajstić information content (AvgIpc) is 2.13. The lowest BCUT2D eigenvalue weighted by atomic mass is 10.8. The quantitative estimate of drug-likeness (QED) is 0.564. The molecule has 1 aromatic rings. The number of rotatable bonds is 1. The molecule has 2 N–H and O–H groups in total. The van der Waals surface area contributed by atoms with Crippen LogP contribution in [0.4, 0.5) is 0 Å². The third-order valence-corrected chi connectivity index (χ3v) is 2.29. The molecule has 0 spiro atoms. The van der Waals surface area contributed by atoms with Crippen molar-refractivity contribution in [2.45, 2.75) is 6.67 Å². The van der Waals surface area contributed by atoms with Crippen LogP contribution in [-0.4, -0.2) is 13.7 Å². The zero-order chi connectivity index (χ0) is 10.2. The molecule has 1 aromatic heterocycles. The predicted octanol–water partition coefficient (Wildman–Crippen LogP) is -1.47. The highest BCUT2D eigenvalue weighted by Crippen LogP contribution is 1.79. The summed E-state index contributed by atoms with van der Waals surface area (Å²) >= 11 is 4.86. The van der Waals surface area contributed by atoms with Gasteiger partial charge in [0.15, 0.2) is 4.77 Å². The van der Waals surface area contributed by atoms with Crippen LogP contribution in [0, 0.1) is 4.77 Å². The van der Waals surface area contributed by atoms with E-state index in [1.807, 2.05) is 0 Å². The molecule has 0 fully saturated rings. The van der Waals surface area contributed by atoms with Crippen molar-refractivity contribution in [2.24, 2.45) is 19.8 Å². The standard InChI is InChI=1S/C6H10N4O2S/c1-8-4(11)9(2)6(13)10(3-7)5(8)12/h3,7H2,1-2H3. The number of hydrogen-bond acceptors (Lipinski definition) is 4. The van der Waals surface area contributed by atoms with E-state index < -0.39 is 11.4 Å². The first kappa shape index (κ1) is 9.87. The molecule has 0 aliphatic heterocycles. The van der Waals surface area contributed by atoms with Gasteiger partial charge in [0.1, 0.15) is 0 Å². The molecule has 0 bridgehead atoms. The van der Waals surface area contributed by atoms with Crippen LogP contribution in [0.25, 0.3) is 0 Å². The van der Waals surface area contributed by atoms with Gasteiger partial charge in [-0.15, -0.1) is 0 Å². The Morgan fingerprint density at radius 2 is 1.77 bits per heavy atom. The molecule has 0 saturated heterocycles. The van der Waals surface area contributed by atoms with Gasteiger partial charge in [-0.1, -0.05) is 0 Å². The lowest BCUT2D eigenvalue weighted by Crippen LogP contribution is -2.44. The maximum Gasteiger partial charge on any atom is 0.335 e. The normalized spacial score (nSPS) is 10.4. The van der Waals surface area contributed by atoms with Crippen molar-refractivity contribution in [3.05, 3.63) is 25.7 Å². The molecule has 0 aliphatic carbocycles. The van der Waals surface area contributed by atoms with Crippen LogP contribution >= 0.6 is 12.2 Å². The highest BCUT2D eigenvalue weighted by Gasteiger charge is 2.05. The van der Waals surface area contributed by atoms with E-state index in [-0.39, 0.29) is 11.4 Å². The molecule has 7 heteroatoms. The number of hydrogen-bond donors (Lipinski definition) is 1. The topological polar surface area (TPSA) is 74.9 Å². The Kier molecular flexibility index (Phi) is 2.48. The van der Waals surface area contributed by atoms with E-state index in [2.05, 4.69) is 0 Å². The molecule has 6 nitrogen and oxygen atoms in total. The Labute approximate surface area is 78.8 Å². The first-order chi connectivity index (χ1) is 6.00. The molecule has 1 rings (SSSR count). The summed E-state index contributed by atoms with van der Waals surface area (Å²) in [6.07, 6.45) is 0. The number of nitrogens with two attached hydrogens (primary N) is 1. The Bertz CT molecular complexity index is 455. The third kappa shape index (κ3) is 1.36. The van der Waals surface area contributed by atoms with Gasteiger partial charge in [-0.05, 0) is 12.2 Å². The lowest BCUT2D eigenvalue weighted by molar-refractivity contribution is 0.528. The van der Waals surface area contributed by atoms with Crippen LogP contribution in [0.2, 0.25) is 0 Å². The summed E-state index contributed by atoms with van der Waals surface area (Å²) < 4.78 is 3.44.